The molecule has 0 aliphatic heterocycles. The van der Waals surface area contributed by atoms with Gasteiger partial charge in [0.25, 0.3) is 0 Å². The monoisotopic (exact) mass is 314 g/mol. The summed E-state index contributed by atoms with van der Waals surface area (Å²) >= 11 is 0. The first-order valence-electron chi connectivity index (χ1n) is 7.40. The van der Waals surface area contributed by atoms with Crippen LogP contribution in [0.5, 0.6) is 0 Å². The Morgan fingerprint density at radius 1 is 1.29 bits per heavy atom. The van der Waals surface area contributed by atoms with Crippen LogP contribution in [0.3, 0.4) is 0 Å². The largest absolute Gasteiger partial charge is 0.326 e. The molecule has 1 aliphatic carbocycles. The maximum Gasteiger partial charge on any atom is 0.241 e. The molecule has 0 radical (unpaired) electrons. The van der Waals surface area contributed by atoms with Gasteiger partial charge < -0.3 is 5.73 Å². The Bertz CT molecular complexity index is 581. The molecule has 1 aliphatic rings. The summed E-state index contributed by atoms with van der Waals surface area (Å²) in [6.07, 6.45) is 4.36. The summed E-state index contributed by atoms with van der Waals surface area (Å²) in [7, 11) is -3.71. The summed E-state index contributed by atoms with van der Waals surface area (Å²) < 4.78 is 40.6. The molecule has 0 amide bonds. The number of rotatable bonds is 5. The molecule has 0 spiro atoms. The van der Waals surface area contributed by atoms with Crippen molar-refractivity contribution in [3.63, 3.8) is 0 Å². The van der Waals surface area contributed by atoms with E-state index in [0.717, 1.165) is 37.7 Å². The minimum atomic E-state index is -3.71. The number of halogens is 1. The lowest BCUT2D eigenvalue weighted by Crippen LogP contribution is -2.32. The smallest absolute Gasteiger partial charge is 0.241 e. The highest BCUT2D eigenvalue weighted by Gasteiger charge is 2.23. The van der Waals surface area contributed by atoms with Gasteiger partial charge in [-0.05, 0) is 42.4 Å². The number of hydrogen-bond acceptors (Lipinski definition) is 3. The van der Waals surface area contributed by atoms with E-state index in [4.69, 9.17) is 5.73 Å². The van der Waals surface area contributed by atoms with Crippen molar-refractivity contribution < 1.29 is 12.8 Å². The number of nitrogens with one attached hydrogen (secondary N) is 1. The van der Waals surface area contributed by atoms with Crippen LogP contribution in [0.25, 0.3) is 0 Å². The van der Waals surface area contributed by atoms with E-state index in [-0.39, 0.29) is 11.4 Å². The Morgan fingerprint density at radius 2 is 1.95 bits per heavy atom. The van der Waals surface area contributed by atoms with E-state index in [1.54, 1.807) is 0 Å². The minimum Gasteiger partial charge on any atom is -0.326 e. The van der Waals surface area contributed by atoms with Crippen molar-refractivity contribution in [2.45, 2.75) is 44.0 Å². The van der Waals surface area contributed by atoms with Gasteiger partial charge in [-0.15, -0.1) is 0 Å². The average Bonchev–Trinajstić information content (AvgIpc) is 2.47. The number of benzene rings is 1. The molecule has 0 heterocycles. The van der Waals surface area contributed by atoms with E-state index in [0.29, 0.717) is 18.0 Å². The molecule has 2 rings (SSSR count). The molecule has 118 valence electrons. The zero-order chi connectivity index (χ0) is 15.5. The van der Waals surface area contributed by atoms with E-state index in [9.17, 15) is 12.8 Å². The summed E-state index contributed by atoms with van der Waals surface area (Å²) in [6.45, 7) is 2.70. The Hall–Kier alpha value is -0.980. The first-order valence-corrected chi connectivity index (χ1v) is 8.89. The van der Waals surface area contributed by atoms with Gasteiger partial charge in [-0.3, -0.25) is 0 Å². The van der Waals surface area contributed by atoms with Gasteiger partial charge in [0, 0.05) is 13.1 Å². The SMILES string of the molecule is CC1CCC(CNS(=O)(=O)c2cc(F)ccc2CN)CC1. The maximum atomic E-state index is 13.3. The van der Waals surface area contributed by atoms with Gasteiger partial charge in [0.2, 0.25) is 10.0 Å². The van der Waals surface area contributed by atoms with Gasteiger partial charge in [-0.1, -0.05) is 25.8 Å². The van der Waals surface area contributed by atoms with Crippen molar-refractivity contribution in [1.29, 1.82) is 0 Å². The molecule has 1 saturated carbocycles. The molecule has 1 aromatic carbocycles. The van der Waals surface area contributed by atoms with Crippen molar-refractivity contribution in [2.75, 3.05) is 6.54 Å². The van der Waals surface area contributed by atoms with Crippen molar-refractivity contribution in [2.24, 2.45) is 17.6 Å². The van der Waals surface area contributed by atoms with Crippen molar-refractivity contribution in [1.82, 2.24) is 4.72 Å². The lowest BCUT2D eigenvalue weighted by Gasteiger charge is -2.26. The summed E-state index contributed by atoms with van der Waals surface area (Å²) in [5.41, 5.74) is 5.97. The van der Waals surface area contributed by atoms with E-state index < -0.39 is 15.8 Å². The standard InChI is InChI=1S/C15H23FN2O2S/c1-11-2-4-12(5-3-11)10-18-21(19,20)15-8-14(16)7-6-13(15)9-17/h6-8,11-12,18H,2-5,9-10,17H2,1H3. The van der Waals surface area contributed by atoms with Crippen LogP contribution in [-0.4, -0.2) is 15.0 Å². The molecular formula is C15H23FN2O2S. The normalized spacial score (nSPS) is 23.2. The molecular weight excluding hydrogens is 291 g/mol. The molecule has 0 bridgehead atoms. The van der Waals surface area contributed by atoms with Crippen LogP contribution >= 0.6 is 0 Å². The van der Waals surface area contributed by atoms with Gasteiger partial charge in [0.05, 0.1) is 4.90 Å². The fourth-order valence-corrected chi connectivity index (χ4v) is 4.16. The van der Waals surface area contributed by atoms with Crippen molar-refractivity contribution in [3.8, 4) is 0 Å². The van der Waals surface area contributed by atoms with Crippen molar-refractivity contribution in [3.05, 3.63) is 29.6 Å². The van der Waals surface area contributed by atoms with Crippen LogP contribution in [0.2, 0.25) is 0 Å². The first kappa shape index (κ1) is 16.4. The number of nitrogens with two attached hydrogens (primary N) is 1. The summed E-state index contributed by atoms with van der Waals surface area (Å²) in [6, 6.07) is 3.68. The average molecular weight is 314 g/mol. The predicted molar refractivity (Wildman–Crippen MR) is 80.6 cm³/mol. The molecule has 0 aromatic heterocycles. The Kier molecular flexibility index (Phi) is 5.35. The molecule has 4 nitrogen and oxygen atoms in total. The Labute approximate surface area is 126 Å². The van der Waals surface area contributed by atoms with Crippen LogP contribution in [0.4, 0.5) is 4.39 Å². The molecule has 0 saturated heterocycles. The zero-order valence-corrected chi connectivity index (χ0v) is 13.1. The third kappa shape index (κ3) is 4.25. The third-order valence-electron chi connectivity index (χ3n) is 4.24. The molecule has 0 atom stereocenters. The van der Waals surface area contributed by atoms with Crippen LogP contribution in [-0.2, 0) is 16.6 Å². The highest BCUT2D eigenvalue weighted by Crippen LogP contribution is 2.28. The zero-order valence-electron chi connectivity index (χ0n) is 12.3. The highest BCUT2D eigenvalue weighted by atomic mass is 32.2. The van der Waals surface area contributed by atoms with E-state index in [2.05, 4.69) is 11.6 Å². The number of hydrogen-bond donors (Lipinski definition) is 2. The van der Waals surface area contributed by atoms with E-state index >= 15 is 0 Å². The number of sulfonamides is 1. The summed E-state index contributed by atoms with van der Waals surface area (Å²) in [4.78, 5) is -0.0471. The van der Waals surface area contributed by atoms with Gasteiger partial charge in [-0.25, -0.2) is 17.5 Å². The molecule has 3 N–H and O–H groups in total. The molecule has 21 heavy (non-hydrogen) atoms. The molecule has 1 aromatic rings. The second-order valence-corrected chi connectivity index (χ2v) is 7.67. The Balaban J connectivity index is 2.06. The Morgan fingerprint density at radius 3 is 2.57 bits per heavy atom. The molecule has 1 fully saturated rings. The van der Waals surface area contributed by atoms with E-state index in [1.807, 2.05) is 0 Å². The quantitative estimate of drug-likeness (QED) is 0.876. The first-order chi connectivity index (χ1) is 9.92. The fraction of sp³-hybridized carbons (Fsp3) is 0.600. The van der Waals surface area contributed by atoms with Crippen LogP contribution in [0.15, 0.2) is 23.1 Å². The van der Waals surface area contributed by atoms with Crippen LogP contribution in [0, 0.1) is 17.7 Å². The maximum absolute atomic E-state index is 13.3. The lowest BCUT2D eigenvalue weighted by atomic mass is 9.83. The summed E-state index contributed by atoms with van der Waals surface area (Å²) in [5.74, 6) is 0.523. The third-order valence-corrected chi connectivity index (χ3v) is 5.74. The highest BCUT2D eigenvalue weighted by molar-refractivity contribution is 7.89. The topological polar surface area (TPSA) is 72.2 Å². The van der Waals surface area contributed by atoms with Crippen LogP contribution < -0.4 is 10.5 Å². The van der Waals surface area contributed by atoms with Crippen LogP contribution in [0.1, 0.15) is 38.2 Å². The minimum absolute atomic E-state index is 0.0471. The van der Waals surface area contributed by atoms with Gasteiger partial charge in [0.1, 0.15) is 5.82 Å². The predicted octanol–water partition coefficient (Wildman–Crippen LogP) is 2.39. The summed E-state index contributed by atoms with van der Waals surface area (Å²) in [5, 5.41) is 0. The molecule has 6 heteroatoms. The van der Waals surface area contributed by atoms with Gasteiger partial charge in [0.15, 0.2) is 0 Å². The second-order valence-electron chi connectivity index (χ2n) is 5.93. The van der Waals surface area contributed by atoms with Crippen molar-refractivity contribution >= 4 is 10.0 Å². The second kappa shape index (κ2) is 6.85. The molecule has 0 unspecified atom stereocenters. The van der Waals surface area contributed by atoms with Gasteiger partial charge >= 0.3 is 0 Å². The lowest BCUT2D eigenvalue weighted by molar-refractivity contribution is 0.290. The van der Waals surface area contributed by atoms with E-state index in [1.165, 1.54) is 12.1 Å². The fourth-order valence-electron chi connectivity index (χ4n) is 2.79. The van der Waals surface area contributed by atoms with Gasteiger partial charge in [-0.2, -0.15) is 0 Å².